The largest absolute Gasteiger partial charge is 0.444 e. The van der Waals surface area contributed by atoms with E-state index in [0.717, 1.165) is 13.1 Å². The van der Waals surface area contributed by atoms with Gasteiger partial charge in [-0.2, -0.15) is 0 Å². The van der Waals surface area contributed by atoms with Gasteiger partial charge in [-0.05, 0) is 46.7 Å². The van der Waals surface area contributed by atoms with Gasteiger partial charge in [-0.1, -0.05) is 0 Å². The van der Waals surface area contributed by atoms with Crippen LogP contribution in [0.2, 0.25) is 0 Å². The van der Waals surface area contributed by atoms with E-state index >= 15 is 0 Å². The van der Waals surface area contributed by atoms with Crippen molar-refractivity contribution in [2.45, 2.75) is 51.4 Å². The fourth-order valence-electron chi connectivity index (χ4n) is 2.46. The Morgan fingerprint density at radius 1 is 1.28 bits per heavy atom. The minimum atomic E-state index is -0.933. The number of rotatable bonds is 1. The van der Waals surface area contributed by atoms with Gasteiger partial charge < -0.3 is 9.64 Å². The maximum absolute atomic E-state index is 13.7. The highest BCUT2D eigenvalue weighted by molar-refractivity contribution is 5.68. The van der Waals surface area contributed by atoms with Gasteiger partial charge in [0, 0.05) is 12.6 Å². The molecule has 4 nitrogen and oxygen atoms in total. The maximum Gasteiger partial charge on any atom is 0.410 e. The van der Waals surface area contributed by atoms with E-state index in [4.69, 9.17) is 4.74 Å². The fraction of sp³-hybridized carbons (Fsp3) is 0.923. The zero-order valence-electron chi connectivity index (χ0n) is 11.5. The molecule has 2 saturated heterocycles. The molecule has 0 bridgehead atoms. The maximum atomic E-state index is 13.7. The smallest absolute Gasteiger partial charge is 0.410 e. The first-order valence-corrected chi connectivity index (χ1v) is 6.71. The molecule has 2 rings (SSSR count). The van der Waals surface area contributed by atoms with Crippen LogP contribution in [-0.4, -0.2) is 59.9 Å². The van der Waals surface area contributed by atoms with Crippen molar-refractivity contribution in [1.82, 2.24) is 9.80 Å². The molecule has 0 aromatic rings. The molecule has 0 aliphatic carbocycles. The second kappa shape index (κ2) is 5.03. The van der Waals surface area contributed by atoms with Gasteiger partial charge in [0.2, 0.25) is 0 Å². The van der Waals surface area contributed by atoms with E-state index in [9.17, 15) is 9.18 Å². The number of ether oxygens (including phenoxy) is 1. The van der Waals surface area contributed by atoms with Crippen LogP contribution in [0.25, 0.3) is 0 Å². The third kappa shape index (κ3) is 3.34. The molecule has 2 unspecified atom stereocenters. The molecule has 0 aromatic heterocycles. The standard InChI is InChI=1S/C13H23FN2O2/c1-13(2,3)18-12(17)16-8-10(14)7-11(9-16)15-5-4-6-15/h10-11H,4-9H2,1-3H3. The van der Waals surface area contributed by atoms with Crippen molar-refractivity contribution in [2.24, 2.45) is 0 Å². The monoisotopic (exact) mass is 258 g/mol. The van der Waals surface area contributed by atoms with Crippen LogP contribution in [0, 0.1) is 0 Å². The first-order chi connectivity index (χ1) is 8.35. The zero-order chi connectivity index (χ0) is 13.3. The summed E-state index contributed by atoms with van der Waals surface area (Å²) in [5, 5.41) is 0. The number of alkyl halides is 1. The van der Waals surface area contributed by atoms with E-state index in [2.05, 4.69) is 4.90 Å². The highest BCUT2D eigenvalue weighted by atomic mass is 19.1. The van der Waals surface area contributed by atoms with Crippen molar-refractivity contribution in [3.63, 3.8) is 0 Å². The minimum Gasteiger partial charge on any atom is -0.444 e. The van der Waals surface area contributed by atoms with Gasteiger partial charge in [0.1, 0.15) is 11.8 Å². The predicted molar refractivity (Wildman–Crippen MR) is 67.3 cm³/mol. The molecule has 2 heterocycles. The van der Waals surface area contributed by atoms with Gasteiger partial charge in [-0.25, -0.2) is 9.18 Å². The van der Waals surface area contributed by atoms with Gasteiger partial charge in [0.05, 0.1) is 6.54 Å². The first kappa shape index (κ1) is 13.6. The molecule has 0 saturated carbocycles. The molecular formula is C13H23FN2O2. The summed E-state index contributed by atoms with van der Waals surface area (Å²) in [6, 6.07) is 0.162. The topological polar surface area (TPSA) is 32.8 Å². The summed E-state index contributed by atoms with van der Waals surface area (Å²) in [4.78, 5) is 15.7. The molecule has 0 spiro atoms. The van der Waals surface area contributed by atoms with Crippen LogP contribution >= 0.6 is 0 Å². The number of carbonyl (C=O) groups excluding carboxylic acids is 1. The van der Waals surface area contributed by atoms with Crippen LogP contribution in [0.1, 0.15) is 33.6 Å². The molecular weight excluding hydrogens is 235 g/mol. The van der Waals surface area contributed by atoms with Crippen molar-refractivity contribution in [3.8, 4) is 0 Å². The van der Waals surface area contributed by atoms with Crippen molar-refractivity contribution >= 4 is 6.09 Å². The zero-order valence-corrected chi connectivity index (χ0v) is 11.5. The lowest BCUT2D eigenvalue weighted by Gasteiger charge is -2.44. The molecule has 0 radical (unpaired) electrons. The lowest BCUT2D eigenvalue weighted by molar-refractivity contribution is -0.0120. The van der Waals surface area contributed by atoms with Gasteiger partial charge in [0.25, 0.3) is 0 Å². The summed E-state index contributed by atoms with van der Waals surface area (Å²) >= 11 is 0. The normalized spacial score (nSPS) is 29.9. The number of hydrogen-bond donors (Lipinski definition) is 0. The lowest BCUT2D eigenvalue weighted by Crippen LogP contribution is -2.57. The van der Waals surface area contributed by atoms with Gasteiger partial charge in [-0.15, -0.1) is 0 Å². The number of piperidine rings is 1. The molecule has 2 fully saturated rings. The Morgan fingerprint density at radius 2 is 1.94 bits per heavy atom. The SMILES string of the molecule is CC(C)(C)OC(=O)N1CC(F)CC(N2CCC2)C1. The van der Waals surface area contributed by atoms with E-state index in [0.29, 0.717) is 13.0 Å². The van der Waals surface area contributed by atoms with Crippen LogP contribution in [0.5, 0.6) is 0 Å². The lowest BCUT2D eigenvalue weighted by atomic mass is 10.00. The van der Waals surface area contributed by atoms with Crippen LogP contribution in [0.4, 0.5) is 9.18 Å². The molecule has 0 aromatic carbocycles. The molecule has 18 heavy (non-hydrogen) atoms. The Hall–Kier alpha value is -0.840. The fourth-order valence-corrected chi connectivity index (χ4v) is 2.46. The Morgan fingerprint density at radius 3 is 2.44 bits per heavy atom. The van der Waals surface area contributed by atoms with Gasteiger partial charge in [-0.3, -0.25) is 4.90 Å². The third-order valence-corrected chi connectivity index (χ3v) is 3.44. The highest BCUT2D eigenvalue weighted by Gasteiger charge is 2.36. The van der Waals surface area contributed by atoms with E-state index in [1.54, 1.807) is 0 Å². The number of amides is 1. The summed E-state index contributed by atoms with van der Waals surface area (Å²) in [6.07, 6.45) is 0.395. The van der Waals surface area contributed by atoms with Crippen LogP contribution in [-0.2, 0) is 4.74 Å². The molecule has 2 atom stereocenters. The van der Waals surface area contributed by atoms with Crippen molar-refractivity contribution in [3.05, 3.63) is 0 Å². The molecule has 2 aliphatic rings. The third-order valence-electron chi connectivity index (χ3n) is 3.44. The van der Waals surface area contributed by atoms with Crippen LogP contribution < -0.4 is 0 Å². The van der Waals surface area contributed by atoms with Crippen molar-refractivity contribution in [1.29, 1.82) is 0 Å². The van der Waals surface area contributed by atoms with Crippen molar-refractivity contribution in [2.75, 3.05) is 26.2 Å². The average Bonchev–Trinajstić information content (AvgIpc) is 2.10. The van der Waals surface area contributed by atoms with Crippen LogP contribution in [0.15, 0.2) is 0 Å². The predicted octanol–water partition coefficient (Wildman–Crippen LogP) is 2.04. The van der Waals surface area contributed by atoms with Gasteiger partial charge >= 0.3 is 6.09 Å². The number of likely N-dealkylation sites (tertiary alicyclic amines) is 2. The summed E-state index contributed by atoms with van der Waals surface area (Å²) in [5.41, 5.74) is -0.521. The summed E-state index contributed by atoms with van der Waals surface area (Å²) in [7, 11) is 0. The highest BCUT2D eigenvalue weighted by Crippen LogP contribution is 2.23. The Balaban J connectivity index is 1.93. The second-order valence-corrected chi connectivity index (χ2v) is 6.26. The summed E-state index contributed by atoms with van der Waals surface area (Å²) in [5.74, 6) is 0. The quantitative estimate of drug-likeness (QED) is 0.721. The molecule has 0 N–H and O–H groups in total. The molecule has 5 heteroatoms. The number of nitrogens with zero attached hydrogens (tertiary/aromatic N) is 2. The average molecular weight is 258 g/mol. The number of carbonyl (C=O) groups is 1. The molecule has 104 valence electrons. The molecule has 2 aliphatic heterocycles. The van der Waals surface area contributed by atoms with E-state index < -0.39 is 17.9 Å². The Kier molecular flexibility index (Phi) is 3.80. The van der Waals surface area contributed by atoms with Gasteiger partial charge in [0.15, 0.2) is 0 Å². The number of halogens is 1. The minimum absolute atomic E-state index is 0.162. The van der Waals surface area contributed by atoms with Crippen molar-refractivity contribution < 1.29 is 13.9 Å². The van der Waals surface area contributed by atoms with Crippen LogP contribution in [0.3, 0.4) is 0 Å². The summed E-state index contributed by atoms with van der Waals surface area (Å²) < 4.78 is 19.0. The Labute approximate surface area is 108 Å². The second-order valence-electron chi connectivity index (χ2n) is 6.26. The Bertz CT molecular complexity index is 313. The summed E-state index contributed by atoms with van der Waals surface area (Å²) in [6.45, 7) is 8.30. The number of hydrogen-bond acceptors (Lipinski definition) is 3. The van der Waals surface area contributed by atoms with E-state index in [-0.39, 0.29) is 12.6 Å². The molecule has 1 amide bonds. The van der Waals surface area contributed by atoms with E-state index in [1.807, 2.05) is 20.8 Å². The first-order valence-electron chi connectivity index (χ1n) is 6.71. The van der Waals surface area contributed by atoms with E-state index in [1.165, 1.54) is 11.3 Å².